The van der Waals surface area contributed by atoms with Gasteiger partial charge in [0.05, 0.1) is 44.8 Å². The van der Waals surface area contributed by atoms with Crippen LogP contribution in [-0.4, -0.2) is 9.13 Å². The Morgan fingerprint density at radius 2 is 0.549 bits per heavy atom. The van der Waals surface area contributed by atoms with Crippen LogP contribution in [0.15, 0.2) is 425 Å². The molecule has 2 aromatic heterocycles. The van der Waals surface area contributed by atoms with Crippen molar-refractivity contribution in [3.63, 3.8) is 0 Å². The van der Waals surface area contributed by atoms with Crippen LogP contribution in [0.1, 0.15) is 92.9 Å². The Balaban J connectivity index is 0.607. The Labute approximate surface area is 778 Å². The lowest BCUT2D eigenvalue weighted by Gasteiger charge is -2.61. The first-order chi connectivity index (χ1) is 65.9. The minimum absolute atomic E-state index is 0.0379. The van der Waals surface area contributed by atoms with Crippen molar-refractivity contribution in [3.8, 4) is 112 Å². The minimum Gasteiger partial charge on any atom is -0.310 e. The Bertz CT molecular complexity index is 8010. The molecular formula is C129H100N4. The first kappa shape index (κ1) is 77.0. The van der Waals surface area contributed by atoms with Crippen LogP contribution in [0.2, 0.25) is 0 Å². The van der Waals surface area contributed by atoms with E-state index in [1.54, 1.807) is 11.1 Å². The molecule has 2 spiro atoms. The van der Waals surface area contributed by atoms with Crippen molar-refractivity contribution < 1.29 is 0 Å². The third kappa shape index (κ3) is 11.7. The van der Waals surface area contributed by atoms with E-state index < -0.39 is 0 Å². The van der Waals surface area contributed by atoms with Crippen molar-refractivity contribution in [2.75, 3.05) is 9.80 Å². The van der Waals surface area contributed by atoms with Gasteiger partial charge in [-0.3, -0.25) is 0 Å². The lowest BCUT2D eigenvalue weighted by molar-refractivity contribution is -0.0399. The number of benzene rings is 18. The molecule has 20 aromatic rings. The van der Waals surface area contributed by atoms with Gasteiger partial charge in [-0.2, -0.15) is 0 Å². The van der Waals surface area contributed by atoms with Crippen molar-refractivity contribution in [2.45, 2.75) is 81.5 Å². The molecule has 5 unspecified atom stereocenters. The van der Waals surface area contributed by atoms with E-state index in [9.17, 15) is 0 Å². The van der Waals surface area contributed by atoms with Gasteiger partial charge >= 0.3 is 0 Å². The monoisotopic (exact) mass is 1700 g/mol. The molecule has 8 bridgehead atoms. The lowest BCUT2D eigenvalue weighted by Crippen LogP contribution is -2.55. The van der Waals surface area contributed by atoms with Gasteiger partial charge in [0.15, 0.2) is 0 Å². The van der Waals surface area contributed by atoms with Gasteiger partial charge in [0.25, 0.3) is 0 Å². The Morgan fingerprint density at radius 3 is 1.11 bits per heavy atom. The van der Waals surface area contributed by atoms with Crippen LogP contribution < -0.4 is 9.80 Å². The number of para-hydroxylation sites is 7. The summed E-state index contributed by atoms with van der Waals surface area (Å²) in [4.78, 5) is 5.23. The Hall–Kier alpha value is -14.8. The minimum atomic E-state index is -0.0914. The SMILES string of the molecule is c1ccc(-c2ccccc2-c2ccccc2-c2ccccc2N(c2ccc(-n3c4ccccc4c4ccc(-c5ccc6c(c5)-c5cc(N(c7ccccc7-c7ccccc7-c7ccccc7-c7ccccc7)c7ccccc7-n7c8ccccc8c8ccccc87)ccc5C65C6CC7CC(C6)CC5C7)cc43)cc2)c2ccc3c(c2)-c2ccccc2C32C3CCC4CC(C3)CC2C4)cc1. The Morgan fingerprint density at radius 1 is 0.195 bits per heavy atom. The number of rotatable bonds is 15. The number of hydrogen-bond acceptors (Lipinski definition) is 2. The fraction of sp³-hybridized carbons (Fsp3) is 0.163. The van der Waals surface area contributed by atoms with E-state index in [0.717, 1.165) is 69.0 Å². The molecular weight excluding hydrogens is 1610 g/mol. The summed E-state index contributed by atoms with van der Waals surface area (Å²) in [5.74, 6) is 5.76. The second-order valence-corrected chi connectivity index (χ2v) is 40.0. The normalized spacial score (nSPS) is 21.3. The maximum atomic E-state index is 2.65. The lowest BCUT2D eigenvalue weighted by atomic mass is 9.43. The Kier molecular flexibility index (Phi) is 17.6. The van der Waals surface area contributed by atoms with Gasteiger partial charge in [-0.15, -0.1) is 0 Å². The summed E-state index contributed by atoms with van der Waals surface area (Å²) in [5.41, 5.74) is 42.3. The van der Waals surface area contributed by atoms with Gasteiger partial charge in [0, 0.05) is 66.3 Å². The molecule has 4 heteroatoms. The molecule has 30 rings (SSSR count). The molecule has 4 nitrogen and oxygen atoms in total. The molecule has 2 heterocycles. The van der Waals surface area contributed by atoms with Crippen LogP contribution in [0.4, 0.5) is 34.1 Å². The second-order valence-electron chi connectivity index (χ2n) is 40.0. The van der Waals surface area contributed by atoms with Crippen LogP contribution in [-0.2, 0) is 10.8 Å². The summed E-state index contributed by atoms with van der Waals surface area (Å²) < 4.78 is 5.08. The highest BCUT2D eigenvalue weighted by atomic mass is 15.2. The van der Waals surface area contributed by atoms with Gasteiger partial charge in [0.1, 0.15) is 0 Å². The smallest absolute Gasteiger partial charge is 0.0702 e. The molecule has 10 aliphatic carbocycles. The molecule has 0 radical (unpaired) electrons. The van der Waals surface area contributed by atoms with Gasteiger partial charge in [-0.1, -0.05) is 328 Å². The fourth-order valence-corrected chi connectivity index (χ4v) is 28.9. The second kappa shape index (κ2) is 30.4. The summed E-state index contributed by atoms with van der Waals surface area (Å²) in [6.45, 7) is 0. The maximum absolute atomic E-state index is 2.65. The topological polar surface area (TPSA) is 16.3 Å². The quantitative estimate of drug-likeness (QED) is 0.102. The van der Waals surface area contributed by atoms with E-state index in [4.69, 9.17) is 0 Å². The van der Waals surface area contributed by atoms with Crippen molar-refractivity contribution in [1.82, 2.24) is 9.13 Å². The highest BCUT2D eigenvalue weighted by Gasteiger charge is 2.63. The predicted molar refractivity (Wildman–Crippen MR) is 554 cm³/mol. The predicted octanol–water partition coefficient (Wildman–Crippen LogP) is 34.3. The summed E-state index contributed by atoms with van der Waals surface area (Å²) in [7, 11) is 0. The summed E-state index contributed by atoms with van der Waals surface area (Å²) in [6, 6.07) is 163. The molecule has 5 atom stereocenters. The van der Waals surface area contributed by atoms with Gasteiger partial charge in [-0.05, 0) is 326 Å². The number of anilines is 6. The molecule has 18 aromatic carbocycles. The van der Waals surface area contributed by atoms with Crippen LogP contribution in [0.25, 0.3) is 155 Å². The summed E-state index contributed by atoms with van der Waals surface area (Å²) in [6.07, 6.45) is 14.8. The van der Waals surface area contributed by atoms with Crippen molar-refractivity contribution in [2.24, 2.45) is 47.3 Å². The van der Waals surface area contributed by atoms with Gasteiger partial charge < -0.3 is 18.9 Å². The van der Waals surface area contributed by atoms with E-state index in [2.05, 4.69) is 444 Å². The van der Waals surface area contributed by atoms with Gasteiger partial charge in [0.2, 0.25) is 0 Å². The molecule has 0 saturated heterocycles. The van der Waals surface area contributed by atoms with Crippen molar-refractivity contribution in [1.29, 1.82) is 0 Å². The maximum Gasteiger partial charge on any atom is 0.0702 e. The van der Waals surface area contributed by atoms with Crippen LogP contribution >= 0.6 is 0 Å². The third-order valence-corrected chi connectivity index (χ3v) is 33.6. The summed E-state index contributed by atoms with van der Waals surface area (Å²) >= 11 is 0. The molecule has 8 fully saturated rings. The first-order valence-corrected chi connectivity index (χ1v) is 48.9. The van der Waals surface area contributed by atoms with Gasteiger partial charge in [-0.25, -0.2) is 0 Å². The number of nitrogens with zero attached hydrogens (tertiary/aromatic N) is 4. The summed E-state index contributed by atoms with van der Waals surface area (Å²) in [5, 5.41) is 4.96. The molecule has 0 N–H and O–H groups in total. The molecule has 636 valence electrons. The standard InChI is InChI=1S/C129H100N4/c1-3-29-86(30-4-1)98-33-7-9-35-100(98)102-37-11-13-39-104(102)107-42-16-22-48-120(107)130(96-63-67-118-114(80-96)106-41-15-21-47-116(106)128(118)90-58-55-82-69-83(72-90)73-91(128)71-82)94-59-61-95(62-60-94)131-122-50-24-18-46-111(122)112-65-56-89(79-127(112)131)88-57-66-117-113(78-88)115-81-97(64-68-119(115)129(117)92-74-84-70-85(76-92)77-93(129)75-84)132(125-53-27-28-54-126(125)133-123-51-25-19-44-109(123)110-45-20-26-52-124(110)133)121-49-23-17-43-108(121)105-40-14-12-38-103(105)101-36-10-8-34-99(101)87-31-5-2-6-32-87/h1-54,56-57,59-68,78-85,90-93H,55,58,69-77H2. The number of hydrogen-bond donors (Lipinski definition) is 0. The van der Waals surface area contributed by atoms with Crippen molar-refractivity contribution >= 4 is 77.7 Å². The van der Waals surface area contributed by atoms with E-state index in [1.165, 1.54) is 226 Å². The third-order valence-electron chi connectivity index (χ3n) is 33.6. The highest BCUT2D eigenvalue weighted by Crippen LogP contribution is 2.72. The zero-order valence-corrected chi connectivity index (χ0v) is 74.6. The molecule has 133 heavy (non-hydrogen) atoms. The van der Waals surface area contributed by atoms with Crippen LogP contribution in [0.5, 0.6) is 0 Å². The van der Waals surface area contributed by atoms with Crippen LogP contribution in [0.3, 0.4) is 0 Å². The molecule has 0 amide bonds. The van der Waals surface area contributed by atoms with E-state index in [0.29, 0.717) is 23.7 Å². The molecule has 0 aliphatic heterocycles. The molecule has 8 saturated carbocycles. The van der Waals surface area contributed by atoms with E-state index >= 15 is 0 Å². The van der Waals surface area contributed by atoms with E-state index in [-0.39, 0.29) is 10.8 Å². The number of fused-ring (bicyclic) bond motifs is 13. The van der Waals surface area contributed by atoms with Crippen molar-refractivity contribution in [3.05, 3.63) is 447 Å². The van der Waals surface area contributed by atoms with E-state index in [1.807, 2.05) is 0 Å². The zero-order valence-electron chi connectivity index (χ0n) is 74.6. The zero-order chi connectivity index (χ0) is 87.1. The first-order valence-electron chi connectivity index (χ1n) is 48.9. The average Bonchev–Trinajstić information content (AvgIpc) is 1.53. The average molecular weight is 1710 g/mol. The highest BCUT2D eigenvalue weighted by molar-refractivity contribution is 6.12. The largest absolute Gasteiger partial charge is 0.310 e. The fourth-order valence-electron chi connectivity index (χ4n) is 28.9. The molecule has 10 aliphatic rings. The van der Waals surface area contributed by atoms with Crippen LogP contribution in [0, 0.1) is 47.3 Å². The number of aromatic nitrogens is 2.